The molecule has 0 radical (unpaired) electrons. The molecule has 1 aliphatic rings. The molecule has 1 aromatic carbocycles. The van der Waals surface area contributed by atoms with E-state index in [4.69, 9.17) is 4.74 Å². The van der Waals surface area contributed by atoms with E-state index in [-0.39, 0.29) is 29.3 Å². The van der Waals surface area contributed by atoms with Gasteiger partial charge in [0.15, 0.2) is 0 Å². The summed E-state index contributed by atoms with van der Waals surface area (Å²) >= 11 is 0. The number of hydrogen-bond donors (Lipinski definition) is 2. The van der Waals surface area contributed by atoms with Gasteiger partial charge in [-0.05, 0) is 38.3 Å². The number of hydrogen-bond acceptors (Lipinski definition) is 4. The molecule has 0 unspecified atom stereocenters. The van der Waals surface area contributed by atoms with Crippen LogP contribution in [0.3, 0.4) is 0 Å². The van der Waals surface area contributed by atoms with Crippen molar-refractivity contribution in [3.05, 3.63) is 30.3 Å². The standard InChI is InChI=1S/C16H24N2O4S/c1-13(18-16(19)14-6-5-11-22-12-14)9-10-17-23(20,21)15-7-3-2-4-8-15/h2-4,7-8,13-14,17H,5-6,9-12H2,1H3,(H,18,19)/t13-,14+/m0/s1. The van der Waals surface area contributed by atoms with Crippen LogP contribution in [0.1, 0.15) is 26.2 Å². The number of benzene rings is 1. The molecule has 1 amide bonds. The lowest BCUT2D eigenvalue weighted by molar-refractivity contribution is -0.129. The first-order chi connectivity index (χ1) is 11.0. The predicted octanol–water partition coefficient (Wildman–Crippen LogP) is 1.29. The number of amides is 1. The van der Waals surface area contributed by atoms with E-state index in [2.05, 4.69) is 10.0 Å². The minimum atomic E-state index is -3.49. The van der Waals surface area contributed by atoms with Crippen molar-refractivity contribution in [2.24, 2.45) is 5.92 Å². The molecule has 1 heterocycles. The van der Waals surface area contributed by atoms with Crippen molar-refractivity contribution < 1.29 is 17.9 Å². The van der Waals surface area contributed by atoms with Crippen molar-refractivity contribution in [3.63, 3.8) is 0 Å². The van der Waals surface area contributed by atoms with Crippen molar-refractivity contribution >= 4 is 15.9 Å². The summed E-state index contributed by atoms with van der Waals surface area (Å²) in [5, 5.41) is 2.92. The van der Waals surface area contributed by atoms with E-state index in [1.54, 1.807) is 30.3 Å². The Hall–Kier alpha value is -1.44. The molecule has 1 saturated heterocycles. The molecule has 0 aromatic heterocycles. The average Bonchev–Trinajstić information content (AvgIpc) is 2.56. The third kappa shape index (κ3) is 5.60. The zero-order chi connectivity index (χ0) is 16.7. The summed E-state index contributed by atoms with van der Waals surface area (Å²) < 4.78 is 32.0. The number of sulfonamides is 1. The van der Waals surface area contributed by atoms with E-state index in [0.717, 1.165) is 19.4 Å². The van der Waals surface area contributed by atoms with Gasteiger partial charge < -0.3 is 10.1 Å². The van der Waals surface area contributed by atoms with Crippen molar-refractivity contribution in [3.8, 4) is 0 Å². The van der Waals surface area contributed by atoms with Crippen LogP contribution in [0.5, 0.6) is 0 Å². The Morgan fingerprint density at radius 3 is 2.74 bits per heavy atom. The maximum absolute atomic E-state index is 12.1. The lowest BCUT2D eigenvalue weighted by Crippen LogP contribution is -2.41. The van der Waals surface area contributed by atoms with Gasteiger partial charge in [-0.15, -0.1) is 0 Å². The highest BCUT2D eigenvalue weighted by molar-refractivity contribution is 7.89. The van der Waals surface area contributed by atoms with Crippen LogP contribution in [-0.4, -0.2) is 40.1 Å². The minimum absolute atomic E-state index is 0.0110. The summed E-state index contributed by atoms with van der Waals surface area (Å²) in [5.41, 5.74) is 0. The van der Waals surface area contributed by atoms with Crippen molar-refractivity contribution in [1.82, 2.24) is 10.0 Å². The summed E-state index contributed by atoms with van der Waals surface area (Å²) in [4.78, 5) is 12.3. The molecular formula is C16H24N2O4S. The molecule has 0 saturated carbocycles. The van der Waals surface area contributed by atoms with Crippen LogP contribution in [0.4, 0.5) is 0 Å². The third-order valence-corrected chi connectivity index (χ3v) is 5.32. The second-order valence-electron chi connectivity index (χ2n) is 5.82. The third-order valence-electron chi connectivity index (χ3n) is 3.84. The predicted molar refractivity (Wildman–Crippen MR) is 87.4 cm³/mol. The molecule has 0 spiro atoms. The van der Waals surface area contributed by atoms with Crippen molar-refractivity contribution in [2.45, 2.75) is 37.1 Å². The molecule has 2 N–H and O–H groups in total. The van der Waals surface area contributed by atoms with Gasteiger partial charge >= 0.3 is 0 Å². The molecule has 128 valence electrons. The largest absolute Gasteiger partial charge is 0.381 e. The first kappa shape index (κ1) is 17.9. The molecule has 1 fully saturated rings. The summed E-state index contributed by atoms with van der Waals surface area (Å²) in [6, 6.07) is 8.15. The number of carbonyl (C=O) groups is 1. The SMILES string of the molecule is C[C@@H](CCNS(=O)(=O)c1ccccc1)NC(=O)[C@@H]1CCCOC1. The molecule has 7 heteroatoms. The van der Waals surface area contributed by atoms with Gasteiger partial charge in [0.05, 0.1) is 17.4 Å². The van der Waals surface area contributed by atoms with E-state index in [1.165, 1.54) is 0 Å². The first-order valence-corrected chi connectivity index (χ1v) is 9.40. The number of nitrogens with one attached hydrogen (secondary N) is 2. The zero-order valence-electron chi connectivity index (χ0n) is 13.3. The maximum atomic E-state index is 12.1. The normalized spacial score (nSPS) is 20.0. The fraction of sp³-hybridized carbons (Fsp3) is 0.562. The summed E-state index contributed by atoms with van der Waals surface area (Å²) in [6.45, 7) is 3.35. The van der Waals surface area contributed by atoms with E-state index in [9.17, 15) is 13.2 Å². The van der Waals surface area contributed by atoms with Crippen LogP contribution in [-0.2, 0) is 19.6 Å². The van der Waals surface area contributed by atoms with Crippen LogP contribution >= 0.6 is 0 Å². The van der Waals surface area contributed by atoms with Crippen LogP contribution in [0, 0.1) is 5.92 Å². The first-order valence-electron chi connectivity index (χ1n) is 7.92. The monoisotopic (exact) mass is 340 g/mol. The van der Waals surface area contributed by atoms with Gasteiger partial charge in [-0.3, -0.25) is 4.79 Å². The molecule has 1 aromatic rings. The quantitative estimate of drug-likeness (QED) is 0.783. The fourth-order valence-electron chi connectivity index (χ4n) is 2.47. The highest BCUT2D eigenvalue weighted by Crippen LogP contribution is 2.14. The lowest BCUT2D eigenvalue weighted by atomic mass is 10.0. The van der Waals surface area contributed by atoms with Crippen LogP contribution < -0.4 is 10.0 Å². The molecule has 0 aliphatic carbocycles. The van der Waals surface area contributed by atoms with Crippen LogP contribution in [0.25, 0.3) is 0 Å². The topological polar surface area (TPSA) is 84.5 Å². The molecule has 2 atom stereocenters. The fourth-order valence-corrected chi connectivity index (χ4v) is 3.54. The molecule has 1 aliphatic heterocycles. The second kappa shape index (κ2) is 8.42. The van der Waals surface area contributed by atoms with Gasteiger partial charge in [0.1, 0.15) is 0 Å². The average molecular weight is 340 g/mol. The van der Waals surface area contributed by atoms with Crippen molar-refractivity contribution in [1.29, 1.82) is 0 Å². The Morgan fingerprint density at radius 1 is 1.35 bits per heavy atom. The van der Waals surface area contributed by atoms with Gasteiger partial charge in [0.2, 0.25) is 15.9 Å². The molecule has 6 nitrogen and oxygen atoms in total. The van der Waals surface area contributed by atoms with E-state index in [0.29, 0.717) is 13.0 Å². The molecular weight excluding hydrogens is 316 g/mol. The Kier molecular flexibility index (Phi) is 6.56. The molecule has 23 heavy (non-hydrogen) atoms. The van der Waals surface area contributed by atoms with Gasteiger partial charge in [-0.25, -0.2) is 13.1 Å². The van der Waals surface area contributed by atoms with E-state index < -0.39 is 10.0 Å². The van der Waals surface area contributed by atoms with E-state index >= 15 is 0 Å². The second-order valence-corrected chi connectivity index (χ2v) is 7.59. The highest BCUT2D eigenvalue weighted by atomic mass is 32.2. The Labute approximate surface area is 137 Å². The number of carbonyl (C=O) groups excluding carboxylic acids is 1. The van der Waals surface area contributed by atoms with Gasteiger partial charge in [0, 0.05) is 19.2 Å². The lowest BCUT2D eigenvalue weighted by Gasteiger charge is -2.23. The summed E-state index contributed by atoms with van der Waals surface area (Å²) in [5.74, 6) is -0.102. The summed E-state index contributed by atoms with van der Waals surface area (Å²) in [6.07, 6.45) is 2.29. The van der Waals surface area contributed by atoms with Crippen LogP contribution in [0.2, 0.25) is 0 Å². The Bertz CT molecular complexity index is 598. The Balaban J connectivity index is 1.74. The van der Waals surface area contributed by atoms with Crippen LogP contribution in [0.15, 0.2) is 35.2 Å². The van der Waals surface area contributed by atoms with Gasteiger partial charge in [0.25, 0.3) is 0 Å². The molecule has 2 rings (SSSR count). The maximum Gasteiger partial charge on any atom is 0.240 e. The molecule has 0 bridgehead atoms. The van der Waals surface area contributed by atoms with E-state index in [1.807, 2.05) is 6.92 Å². The summed E-state index contributed by atoms with van der Waals surface area (Å²) in [7, 11) is -3.49. The minimum Gasteiger partial charge on any atom is -0.381 e. The van der Waals surface area contributed by atoms with Gasteiger partial charge in [-0.1, -0.05) is 18.2 Å². The van der Waals surface area contributed by atoms with Crippen molar-refractivity contribution in [2.75, 3.05) is 19.8 Å². The highest BCUT2D eigenvalue weighted by Gasteiger charge is 2.23. The number of ether oxygens (including phenoxy) is 1. The Morgan fingerprint density at radius 2 is 2.09 bits per heavy atom. The zero-order valence-corrected chi connectivity index (χ0v) is 14.1. The number of rotatable bonds is 7. The van der Waals surface area contributed by atoms with Gasteiger partial charge in [-0.2, -0.15) is 0 Å². The smallest absolute Gasteiger partial charge is 0.240 e.